The molecule has 132 valence electrons. The number of imide groups is 1. The van der Waals surface area contributed by atoms with Crippen molar-refractivity contribution >= 4 is 23.2 Å². The van der Waals surface area contributed by atoms with Crippen LogP contribution in [0.5, 0.6) is 11.5 Å². The van der Waals surface area contributed by atoms with Crippen LogP contribution in [0.25, 0.3) is 0 Å². The lowest BCUT2D eigenvalue weighted by Gasteiger charge is -2.16. The van der Waals surface area contributed by atoms with Crippen molar-refractivity contribution in [1.29, 1.82) is 0 Å². The molecule has 1 saturated heterocycles. The standard InChI is InChI=1S/C19H16N2O5/c1-24-12-8-9-14(25-2)13(10-12)16-15-17(26-20-16)19(23)21(18(15)22)11-6-4-3-5-7-11/h3-10,15,17H,1-2H3/t15-,17+/m1/s1. The number of hydrogen-bond acceptors (Lipinski definition) is 6. The number of carbonyl (C=O) groups is 2. The molecule has 0 saturated carbocycles. The number of ether oxygens (including phenoxy) is 2. The van der Waals surface area contributed by atoms with Crippen molar-refractivity contribution in [3.05, 3.63) is 54.1 Å². The highest BCUT2D eigenvalue weighted by Gasteiger charge is 2.56. The summed E-state index contributed by atoms with van der Waals surface area (Å²) in [6.45, 7) is 0. The van der Waals surface area contributed by atoms with Crippen molar-refractivity contribution in [2.24, 2.45) is 11.1 Å². The van der Waals surface area contributed by atoms with Crippen LogP contribution >= 0.6 is 0 Å². The topological polar surface area (TPSA) is 77.4 Å². The molecule has 0 N–H and O–H groups in total. The molecule has 7 heteroatoms. The largest absolute Gasteiger partial charge is 0.497 e. The van der Waals surface area contributed by atoms with Gasteiger partial charge in [0.05, 0.1) is 19.9 Å². The maximum absolute atomic E-state index is 13.0. The predicted molar refractivity (Wildman–Crippen MR) is 93.4 cm³/mol. The molecule has 0 unspecified atom stereocenters. The first-order chi connectivity index (χ1) is 12.7. The Bertz CT molecular complexity index is 909. The SMILES string of the molecule is COc1ccc(OC)c(C2=NO[C@@H]3C(=O)N(c4ccccc4)C(=O)[C@H]23)c1. The molecule has 2 aromatic rings. The van der Waals surface area contributed by atoms with Gasteiger partial charge in [-0.2, -0.15) is 0 Å². The van der Waals surface area contributed by atoms with E-state index >= 15 is 0 Å². The first kappa shape index (κ1) is 16.1. The lowest BCUT2D eigenvalue weighted by molar-refractivity contribution is -0.126. The maximum atomic E-state index is 13.0. The Balaban J connectivity index is 1.75. The number of nitrogens with zero attached hydrogens (tertiary/aromatic N) is 2. The number of carbonyl (C=O) groups excluding carboxylic acids is 2. The number of methoxy groups -OCH3 is 2. The summed E-state index contributed by atoms with van der Waals surface area (Å²) in [5.74, 6) is -0.501. The second-order valence-corrected chi connectivity index (χ2v) is 5.89. The summed E-state index contributed by atoms with van der Waals surface area (Å²) in [6.07, 6.45) is -0.964. The van der Waals surface area contributed by atoms with Crippen LogP contribution in [-0.4, -0.2) is 37.8 Å². The molecule has 26 heavy (non-hydrogen) atoms. The molecule has 4 rings (SSSR count). The van der Waals surface area contributed by atoms with Crippen molar-refractivity contribution in [3.8, 4) is 11.5 Å². The maximum Gasteiger partial charge on any atom is 0.278 e. The van der Waals surface area contributed by atoms with E-state index in [1.807, 2.05) is 6.07 Å². The van der Waals surface area contributed by atoms with Gasteiger partial charge in [0.2, 0.25) is 12.0 Å². The van der Waals surface area contributed by atoms with Crippen molar-refractivity contribution in [2.75, 3.05) is 19.1 Å². The van der Waals surface area contributed by atoms with E-state index in [1.54, 1.807) is 49.6 Å². The van der Waals surface area contributed by atoms with Gasteiger partial charge in [-0.3, -0.25) is 9.59 Å². The van der Waals surface area contributed by atoms with E-state index in [2.05, 4.69) is 5.16 Å². The van der Waals surface area contributed by atoms with Crippen LogP contribution in [0.3, 0.4) is 0 Å². The van der Waals surface area contributed by atoms with Crippen LogP contribution in [0.1, 0.15) is 5.56 Å². The Hall–Kier alpha value is -3.35. The first-order valence-corrected chi connectivity index (χ1v) is 8.04. The third-order valence-corrected chi connectivity index (χ3v) is 4.51. The zero-order valence-electron chi connectivity index (χ0n) is 14.2. The number of amides is 2. The number of oxime groups is 1. The van der Waals surface area contributed by atoms with E-state index in [1.165, 1.54) is 7.11 Å². The van der Waals surface area contributed by atoms with Gasteiger partial charge < -0.3 is 14.3 Å². The van der Waals surface area contributed by atoms with Crippen LogP contribution < -0.4 is 14.4 Å². The second kappa shape index (κ2) is 6.18. The lowest BCUT2D eigenvalue weighted by Crippen LogP contribution is -2.33. The number of benzene rings is 2. The smallest absolute Gasteiger partial charge is 0.278 e. The minimum atomic E-state index is -0.964. The average molecular weight is 352 g/mol. The van der Waals surface area contributed by atoms with Crippen LogP contribution in [0.2, 0.25) is 0 Å². The minimum absolute atomic E-state index is 0.363. The van der Waals surface area contributed by atoms with Crippen molar-refractivity contribution in [3.63, 3.8) is 0 Å². The summed E-state index contributed by atoms with van der Waals surface area (Å²) >= 11 is 0. The summed E-state index contributed by atoms with van der Waals surface area (Å²) in [5, 5.41) is 4.02. The second-order valence-electron chi connectivity index (χ2n) is 5.89. The van der Waals surface area contributed by atoms with E-state index in [9.17, 15) is 9.59 Å². The van der Waals surface area contributed by atoms with Gasteiger partial charge in [0.15, 0.2) is 0 Å². The van der Waals surface area contributed by atoms with Gasteiger partial charge in [-0.25, -0.2) is 4.90 Å². The Morgan fingerprint density at radius 1 is 1.00 bits per heavy atom. The van der Waals surface area contributed by atoms with Gasteiger partial charge in [0, 0.05) is 5.56 Å². The fourth-order valence-corrected chi connectivity index (χ4v) is 3.25. The Morgan fingerprint density at radius 3 is 2.46 bits per heavy atom. The van der Waals surface area contributed by atoms with E-state index in [-0.39, 0.29) is 5.91 Å². The van der Waals surface area contributed by atoms with Crippen LogP contribution in [0.15, 0.2) is 53.7 Å². The fraction of sp³-hybridized carbons (Fsp3) is 0.211. The Kier molecular flexibility index (Phi) is 3.84. The predicted octanol–water partition coefficient (Wildman–Crippen LogP) is 2.00. The normalized spacial score (nSPS) is 21.3. The van der Waals surface area contributed by atoms with Gasteiger partial charge in [0.25, 0.3) is 5.91 Å². The summed E-state index contributed by atoms with van der Waals surface area (Å²) in [5.41, 5.74) is 1.44. The van der Waals surface area contributed by atoms with Crippen LogP contribution in [-0.2, 0) is 14.4 Å². The zero-order chi connectivity index (χ0) is 18.3. The molecule has 0 aliphatic carbocycles. The van der Waals surface area contributed by atoms with Gasteiger partial charge in [0.1, 0.15) is 23.1 Å². The minimum Gasteiger partial charge on any atom is -0.497 e. The summed E-state index contributed by atoms with van der Waals surface area (Å²) in [6, 6.07) is 14.0. The third-order valence-electron chi connectivity index (χ3n) is 4.51. The molecule has 2 aliphatic rings. The molecular formula is C19H16N2O5. The van der Waals surface area contributed by atoms with Crippen molar-refractivity contribution in [2.45, 2.75) is 6.10 Å². The molecular weight excluding hydrogens is 336 g/mol. The number of rotatable bonds is 4. The summed E-state index contributed by atoms with van der Waals surface area (Å²) in [7, 11) is 3.07. The molecule has 1 fully saturated rings. The molecule has 2 atom stereocenters. The van der Waals surface area contributed by atoms with E-state index in [4.69, 9.17) is 14.3 Å². The third kappa shape index (κ3) is 2.32. The van der Waals surface area contributed by atoms with Crippen LogP contribution in [0.4, 0.5) is 5.69 Å². The zero-order valence-corrected chi connectivity index (χ0v) is 14.2. The van der Waals surface area contributed by atoms with Crippen molar-refractivity contribution in [1.82, 2.24) is 0 Å². The van der Waals surface area contributed by atoms with E-state index < -0.39 is 17.9 Å². The number of fused-ring (bicyclic) bond motifs is 1. The first-order valence-electron chi connectivity index (χ1n) is 8.04. The van der Waals surface area contributed by atoms with Crippen molar-refractivity contribution < 1.29 is 23.9 Å². The molecule has 2 aliphatic heterocycles. The molecule has 0 radical (unpaired) electrons. The highest BCUT2D eigenvalue weighted by atomic mass is 16.7. The molecule has 0 aromatic heterocycles. The van der Waals surface area contributed by atoms with Gasteiger partial charge in [-0.05, 0) is 30.3 Å². The fourth-order valence-electron chi connectivity index (χ4n) is 3.25. The highest BCUT2D eigenvalue weighted by Crippen LogP contribution is 2.37. The monoisotopic (exact) mass is 352 g/mol. The Morgan fingerprint density at radius 2 is 1.77 bits per heavy atom. The molecule has 0 spiro atoms. The van der Waals surface area contributed by atoms with E-state index in [0.29, 0.717) is 28.5 Å². The number of hydrogen-bond donors (Lipinski definition) is 0. The molecule has 2 amide bonds. The van der Waals surface area contributed by atoms with Gasteiger partial charge in [-0.1, -0.05) is 23.4 Å². The highest BCUT2D eigenvalue weighted by molar-refractivity contribution is 6.32. The Labute approximate surface area is 149 Å². The van der Waals surface area contributed by atoms with Crippen LogP contribution in [0, 0.1) is 5.92 Å². The van der Waals surface area contributed by atoms with Gasteiger partial charge in [-0.15, -0.1) is 0 Å². The quantitative estimate of drug-likeness (QED) is 0.787. The molecule has 2 heterocycles. The lowest BCUT2D eigenvalue weighted by atomic mass is 9.93. The summed E-state index contributed by atoms with van der Waals surface area (Å²) < 4.78 is 10.6. The number of para-hydroxylation sites is 1. The molecule has 7 nitrogen and oxygen atoms in total. The summed E-state index contributed by atoms with van der Waals surface area (Å²) in [4.78, 5) is 32.2. The molecule has 0 bridgehead atoms. The number of anilines is 1. The molecule has 2 aromatic carbocycles. The van der Waals surface area contributed by atoms with Gasteiger partial charge >= 0.3 is 0 Å². The average Bonchev–Trinajstić information content (AvgIpc) is 3.22. The van der Waals surface area contributed by atoms with E-state index in [0.717, 1.165) is 4.90 Å².